The zero-order valence-electron chi connectivity index (χ0n) is 17.8. The molecule has 156 valence electrons. The second kappa shape index (κ2) is 7.95. The van der Waals surface area contributed by atoms with Gasteiger partial charge in [0.2, 0.25) is 0 Å². The molecule has 0 saturated carbocycles. The van der Waals surface area contributed by atoms with Crippen LogP contribution in [0, 0.1) is 5.92 Å². The van der Waals surface area contributed by atoms with Crippen LogP contribution in [0.4, 0.5) is 0 Å². The zero-order chi connectivity index (χ0) is 21.4. The van der Waals surface area contributed by atoms with E-state index in [1.54, 1.807) is 10.9 Å². The highest BCUT2D eigenvalue weighted by Gasteiger charge is 2.19. The van der Waals surface area contributed by atoms with Crippen molar-refractivity contribution in [3.63, 3.8) is 0 Å². The van der Waals surface area contributed by atoms with Crippen LogP contribution >= 0.6 is 0 Å². The third-order valence-corrected chi connectivity index (χ3v) is 5.73. The van der Waals surface area contributed by atoms with Gasteiger partial charge in [0.15, 0.2) is 11.3 Å². The average molecular weight is 412 g/mol. The van der Waals surface area contributed by atoms with E-state index in [0.717, 1.165) is 36.1 Å². The van der Waals surface area contributed by atoms with E-state index in [1.807, 2.05) is 42.5 Å². The number of para-hydroxylation sites is 2. The highest BCUT2D eigenvalue weighted by molar-refractivity contribution is 6.04. The molecule has 2 aromatic carbocycles. The van der Waals surface area contributed by atoms with Gasteiger partial charge in [-0.1, -0.05) is 56.3 Å². The summed E-state index contributed by atoms with van der Waals surface area (Å²) in [5.41, 5.74) is 4.80. The van der Waals surface area contributed by atoms with Crippen LogP contribution < -0.4 is 5.56 Å². The first kappa shape index (κ1) is 19.4. The van der Waals surface area contributed by atoms with Crippen molar-refractivity contribution in [3.05, 3.63) is 76.8 Å². The van der Waals surface area contributed by atoms with Gasteiger partial charge in [-0.2, -0.15) is 0 Å². The molecule has 0 N–H and O–H groups in total. The number of hydrogen-bond donors (Lipinski definition) is 0. The lowest BCUT2D eigenvalue weighted by molar-refractivity contribution is 0.527. The third kappa shape index (κ3) is 3.58. The number of benzene rings is 2. The van der Waals surface area contributed by atoms with E-state index in [2.05, 4.69) is 30.5 Å². The average Bonchev–Trinajstić information content (AvgIpc) is 3.09. The topological polar surface area (TPSA) is 65.6 Å². The molecule has 0 fully saturated rings. The van der Waals surface area contributed by atoms with Gasteiger partial charge in [-0.3, -0.25) is 9.36 Å². The highest BCUT2D eigenvalue weighted by atomic mass is 16.1. The van der Waals surface area contributed by atoms with Crippen LogP contribution in [0.5, 0.6) is 0 Å². The predicted octanol–water partition coefficient (Wildman–Crippen LogP) is 4.58. The molecule has 0 aliphatic rings. The van der Waals surface area contributed by atoms with Crippen molar-refractivity contribution < 1.29 is 0 Å². The Labute approximate surface area is 180 Å². The zero-order valence-corrected chi connectivity index (χ0v) is 17.8. The summed E-state index contributed by atoms with van der Waals surface area (Å²) in [6.07, 6.45) is 3.42. The van der Waals surface area contributed by atoms with Crippen LogP contribution in [0.3, 0.4) is 0 Å². The molecule has 0 saturated heterocycles. The van der Waals surface area contributed by atoms with E-state index in [-0.39, 0.29) is 5.56 Å². The Bertz CT molecular complexity index is 1430. The van der Waals surface area contributed by atoms with Crippen molar-refractivity contribution in [2.24, 2.45) is 5.92 Å². The molecular weight excluding hydrogens is 386 g/mol. The van der Waals surface area contributed by atoms with Crippen molar-refractivity contribution in [1.82, 2.24) is 24.1 Å². The minimum absolute atomic E-state index is 0.0567. The maximum absolute atomic E-state index is 13.5. The van der Waals surface area contributed by atoms with Crippen LogP contribution in [0.2, 0.25) is 0 Å². The van der Waals surface area contributed by atoms with Gasteiger partial charge in [-0.25, -0.2) is 15.0 Å². The van der Waals surface area contributed by atoms with Gasteiger partial charge in [0.25, 0.3) is 5.56 Å². The number of aromatic nitrogens is 5. The Hall–Kier alpha value is -3.54. The van der Waals surface area contributed by atoms with E-state index < -0.39 is 0 Å². The molecule has 0 amide bonds. The fourth-order valence-corrected chi connectivity index (χ4v) is 3.99. The summed E-state index contributed by atoms with van der Waals surface area (Å²) < 4.78 is 3.76. The summed E-state index contributed by atoms with van der Waals surface area (Å²) in [4.78, 5) is 27.9. The van der Waals surface area contributed by atoms with Gasteiger partial charge >= 0.3 is 0 Å². The molecule has 6 heteroatoms. The summed E-state index contributed by atoms with van der Waals surface area (Å²) in [6.45, 7) is 5.72. The molecule has 31 heavy (non-hydrogen) atoms. The Morgan fingerprint density at radius 2 is 1.58 bits per heavy atom. The first-order valence-corrected chi connectivity index (χ1v) is 10.8. The fraction of sp³-hybridized carbons (Fsp3) is 0.280. The molecule has 0 bridgehead atoms. The van der Waals surface area contributed by atoms with Gasteiger partial charge in [0, 0.05) is 13.1 Å². The molecule has 0 aliphatic carbocycles. The standard InChI is InChI=1S/C25H25N5O/c1-17(2)12-15-30-23-21(22-24(30)28-20-11-7-6-10-19(20)27-22)25(31)29(16-26-23)14-13-18-8-4-3-5-9-18/h3-11,16-17H,12-15H2,1-2H3. The van der Waals surface area contributed by atoms with Crippen LogP contribution in [0.1, 0.15) is 25.8 Å². The lowest BCUT2D eigenvalue weighted by atomic mass is 10.1. The number of fused-ring (bicyclic) bond motifs is 4. The van der Waals surface area contributed by atoms with Gasteiger partial charge in [0.1, 0.15) is 10.9 Å². The largest absolute Gasteiger partial charge is 0.308 e. The smallest absolute Gasteiger partial charge is 0.265 e. The Kier molecular flexibility index (Phi) is 4.98. The Balaban J connectivity index is 1.68. The van der Waals surface area contributed by atoms with Gasteiger partial charge < -0.3 is 4.57 Å². The van der Waals surface area contributed by atoms with Crippen LogP contribution in [0.15, 0.2) is 65.7 Å². The lowest BCUT2D eigenvalue weighted by Gasteiger charge is -2.09. The first-order valence-electron chi connectivity index (χ1n) is 10.8. The van der Waals surface area contributed by atoms with Crippen molar-refractivity contribution in [2.75, 3.05) is 0 Å². The number of aryl methyl sites for hydroxylation is 3. The van der Waals surface area contributed by atoms with E-state index in [4.69, 9.17) is 15.0 Å². The molecule has 5 aromatic rings. The second-order valence-corrected chi connectivity index (χ2v) is 8.40. The predicted molar refractivity (Wildman–Crippen MR) is 124 cm³/mol. The highest BCUT2D eigenvalue weighted by Crippen LogP contribution is 2.25. The van der Waals surface area contributed by atoms with E-state index >= 15 is 0 Å². The van der Waals surface area contributed by atoms with Crippen molar-refractivity contribution in [2.45, 2.75) is 39.8 Å². The van der Waals surface area contributed by atoms with Crippen LogP contribution in [-0.4, -0.2) is 24.1 Å². The SMILES string of the molecule is CC(C)CCn1c2nc3ccccc3nc2c2c(=O)n(CCc3ccccc3)cnc21. The normalized spacial score (nSPS) is 11.8. The Morgan fingerprint density at radius 3 is 2.32 bits per heavy atom. The summed E-state index contributed by atoms with van der Waals surface area (Å²) in [7, 11) is 0. The van der Waals surface area contributed by atoms with Crippen molar-refractivity contribution in [3.8, 4) is 0 Å². The fourth-order valence-electron chi connectivity index (χ4n) is 3.99. The molecule has 0 spiro atoms. The molecule has 3 heterocycles. The number of rotatable bonds is 6. The quantitative estimate of drug-likeness (QED) is 0.410. The van der Waals surface area contributed by atoms with Crippen LogP contribution in [-0.2, 0) is 19.5 Å². The molecule has 0 aliphatic heterocycles. The molecule has 0 unspecified atom stereocenters. The molecular formula is C25H25N5O. The first-order chi connectivity index (χ1) is 15.1. The van der Waals surface area contributed by atoms with E-state index in [9.17, 15) is 4.79 Å². The maximum Gasteiger partial charge on any atom is 0.265 e. The monoisotopic (exact) mass is 411 g/mol. The van der Waals surface area contributed by atoms with Crippen LogP contribution in [0.25, 0.3) is 33.2 Å². The minimum Gasteiger partial charge on any atom is -0.308 e. The summed E-state index contributed by atoms with van der Waals surface area (Å²) in [5.74, 6) is 0.534. The number of hydrogen-bond acceptors (Lipinski definition) is 4. The van der Waals surface area contributed by atoms with Gasteiger partial charge in [-0.05, 0) is 36.5 Å². The summed E-state index contributed by atoms with van der Waals surface area (Å²) >= 11 is 0. The molecule has 0 radical (unpaired) electrons. The molecule has 5 rings (SSSR count). The number of nitrogens with zero attached hydrogens (tertiary/aromatic N) is 5. The summed E-state index contributed by atoms with van der Waals surface area (Å²) in [5, 5.41) is 0.563. The van der Waals surface area contributed by atoms with Crippen molar-refractivity contribution >= 4 is 33.2 Å². The molecule has 0 atom stereocenters. The summed E-state index contributed by atoms with van der Waals surface area (Å²) in [6, 6.07) is 18.0. The maximum atomic E-state index is 13.5. The molecule has 6 nitrogen and oxygen atoms in total. The van der Waals surface area contributed by atoms with Gasteiger partial charge in [-0.15, -0.1) is 0 Å². The van der Waals surface area contributed by atoms with Crippen molar-refractivity contribution in [1.29, 1.82) is 0 Å². The minimum atomic E-state index is -0.0567. The third-order valence-electron chi connectivity index (χ3n) is 5.73. The second-order valence-electron chi connectivity index (χ2n) is 8.40. The molecule has 3 aromatic heterocycles. The lowest BCUT2D eigenvalue weighted by Crippen LogP contribution is -2.22. The Morgan fingerprint density at radius 1 is 0.871 bits per heavy atom. The van der Waals surface area contributed by atoms with E-state index in [1.165, 1.54) is 5.56 Å². The van der Waals surface area contributed by atoms with E-state index in [0.29, 0.717) is 29.0 Å². The van der Waals surface area contributed by atoms with Gasteiger partial charge in [0.05, 0.1) is 17.4 Å².